The fraction of sp³-hybridized carbons (Fsp3) is 0.333. The minimum atomic E-state index is -0.0293. The van der Waals surface area contributed by atoms with E-state index >= 15 is 0 Å². The van der Waals surface area contributed by atoms with Crippen LogP contribution in [0.5, 0.6) is 11.5 Å². The number of hydrogen-bond donors (Lipinski definition) is 1. The number of carbonyl (C=O) groups excluding carboxylic acids is 2. The van der Waals surface area contributed by atoms with Crippen LogP contribution in [0.15, 0.2) is 72.8 Å². The van der Waals surface area contributed by atoms with Gasteiger partial charge in [-0.1, -0.05) is 58.5 Å². The van der Waals surface area contributed by atoms with Gasteiger partial charge in [0, 0.05) is 75.9 Å². The van der Waals surface area contributed by atoms with Crippen LogP contribution in [0.2, 0.25) is 20.1 Å². The molecule has 21 heteroatoms. The van der Waals surface area contributed by atoms with Gasteiger partial charge in [0.2, 0.25) is 11.8 Å². The molecule has 8 rings (SSSR count). The molecule has 2 saturated heterocycles. The van der Waals surface area contributed by atoms with Crippen LogP contribution in [0.1, 0.15) is 36.6 Å². The third-order valence-electron chi connectivity index (χ3n) is 11.0. The lowest BCUT2D eigenvalue weighted by Gasteiger charge is -2.36. The van der Waals surface area contributed by atoms with Gasteiger partial charge in [0.1, 0.15) is 58.8 Å². The number of piperazine rings is 2. The Bertz CT molecular complexity index is 2830. The summed E-state index contributed by atoms with van der Waals surface area (Å²) in [6.45, 7) is 14.3. The van der Waals surface area contributed by atoms with Crippen molar-refractivity contribution >= 4 is 81.2 Å². The van der Waals surface area contributed by atoms with Crippen LogP contribution in [-0.2, 0) is 16.1 Å². The van der Waals surface area contributed by atoms with E-state index < -0.39 is 0 Å². The van der Waals surface area contributed by atoms with E-state index in [0.29, 0.717) is 118 Å². The highest BCUT2D eigenvalue weighted by atomic mass is 35.5. The number of amides is 2. The molecule has 0 atom stereocenters. The van der Waals surface area contributed by atoms with Crippen molar-refractivity contribution in [3.8, 4) is 46.4 Å². The molecule has 0 spiro atoms. The largest absolute Gasteiger partial charge is 0.492 e. The molecule has 2 amide bonds. The van der Waals surface area contributed by atoms with E-state index in [2.05, 4.69) is 35.1 Å². The van der Waals surface area contributed by atoms with Crippen molar-refractivity contribution in [2.24, 2.45) is 0 Å². The topological polar surface area (TPSA) is 185 Å². The summed E-state index contributed by atoms with van der Waals surface area (Å²) < 4.78 is 12.7. The molecule has 0 radical (unpaired) electrons. The minimum absolute atomic E-state index is 0.00238. The lowest BCUT2D eigenvalue weighted by Crippen LogP contribution is -2.49. The van der Waals surface area contributed by atoms with Crippen molar-refractivity contribution in [2.75, 3.05) is 81.3 Å². The fourth-order valence-electron chi connectivity index (χ4n) is 7.34. The Morgan fingerprint density at radius 3 is 1.58 bits per heavy atom. The minimum Gasteiger partial charge on any atom is -0.492 e. The van der Waals surface area contributed by atoms with Gasteiger partial charge >= 0.3 is 0 Å². The van der Waals surface area contributed by atoms with Crippen molar-refractivity contribution in [3.63, 3.8) is 0 Å². The number of carbonyl (C=O) groups is 2. The molecule has 6 heterocycles. The predicted octanol–water partition coefficient (Wildman–Crippen LogP) is 9.11. The molecule has 4 aromatic heterocycles. The third kappa shape index (κ3) is 13.3. The van der Waals surface area contributed by atoms with Gasteiger partial charge < -0.3 is 29.1 Å². The lowest BCUT2D eigenvalue weighted by molar-refractivity contribution is -0.132. The summed E-state index contributed by atoms with van der Waals surface area (Å²) >= 11 is 30.4. The molecule has 2 aliphatic heterocycles. The summed E-state index contributed by atoms with van der Waals surface area (Å²) in [6, 6.07) is 25.7. The van der Waals surface area contributed by atoms with E-state index in [0.717, 1.165) is 30.2 Å². The first-order valence-electron chi connectivity index (χ1n) is 21.9. The molecular weight excluding hydrogens is 986 g/mol. The first-order chi connectivity index (χ1) is 33.3. The van der Waals surface area contributed by atoms with Gasteiger partial charge in [-0.2, -0.15) is 20.7 Å². The summed E-state index contributed by atoms with van der Waals surface area (Å²) in [5.74, 6) is 1.38. The summed E-state index contributed by atoms with van der Waals surface area (Å²) in [6.07, 6.45) is 0. The maximum absolute atomic E-state index is 13.0. The number of halogens is 5. The van der Waals surface area contributed by atoms with Gasteiger partial charge in [0.05, 0.1) is 56.1 Å². The first kappa shape index (κ1) is 52.1. The Hall–Kier alpha value is -6.27. The molecule has 360 valence electrons. The summed E-state index contributed by atoms with van der Waals surface area (Å²) in [5, 5.41) is 31.3. The average molecular weight is 1040 g/mol. The second-order valence-corrected chi connectivity index (χ2v) is 17.3. The van der Waals surface area contributed by atoms with E-state index in [-0.39, 0.29) is 29.9 Å². The maximum atomic E-state index is 13.0. The standard InChI is InChI=1S/C24H24Cl2N6O2.C14H18Cl2N2O2.C10H7ClN4/c1-3-34-21-13-18(7-8-19(21)25)30-9-11-31(12-10-30)22(33)15-32-16(2)23(26)24(29-32)20-6-4-5-17(14-27)28-20;1-2-20-13-9-11(3-4-12(13)16)17-5-7-18(8-6-17)14(19)10-15;1-6-9(11)10(15-14-6)8-4-2-3-7(5-12)13-8/h4-8,13H,3,9-12,15H2,1-2H3;3-4,9H,2,5-8,10H2,1H3;2-4H,1H3,(H,14,15). The fourth-order valence-corrected chi connectivity index (χ4v) is 8.26. The number of aryl methyl sites for hydroxylation is 1. The van der Waals surface area contributed by atoms with Crippen molar-refractivity contribution in [1.29, 1.82) is 10.5 Å². The Morgan fingerprint density at radius 1 is 0.667 bits per heavy atom. The van der Waals surface area contributed by atoms with Crippen molar-refractivity contribution < 1.29 is 19.1 Å². The van der Waals surface area contributed by atoms with E-state index in [4.69, 9.17) is 78.0 Å². The normalized spacial score (nSPS) is 13.3. The van der Waals surface area contributed by atoms with Crippen LogP contribution in [-0.4, -0.2) is 123 Å². The highest BCUT2D eigenvalue weighted by molar-refractivity contribution is 6.34. The zero-order chi connectivity index (χ0) is 49.6. The maximum Gasteiger partial charge on any atom is 0.244 e. The molecule has 0 aliphatic carbocycles. The Morgan fingerprint density at radius 2 is 1.14 bits per heavy atom. The van der Waals surface area contributed by atoms with Gasteiger partial charge in [-0.05, 0) is 76.2 Å². The molecule has 2 aromatic carbocycles. The van der Waals surface area contributed by atoms with E-state index in [1.165, 1.54) is 0 Å². The van der Waals surface area contributed by atoms with Crippen LogP contribution < -0.4 is 19.3 Å². The number of rotatable bonds is 11. The molecule has 2 fully saturated rings. The van der Waals surface area contributed by atoms with Gasteiger partial charge in [-0.25, -0.2) is 9.97 Å². The number of nitrogens with one attached hydrogen (secondary N) is 1. The number of hydrogen-bond acceptors (Lipinski definition) is 12. The molecule has 0 unspecified atom stereocenters. The second kappa shape index (κ2) is 24.8. The van der Waals surface area contributed by atoms with Crippen molar-refractivity contribution in [3.05, 3.63) is 116 Å². The highest BCUT2D eigenvalue weighted by Crippen LogP contribution is 2.33. The van der Waals surface area contributed by atoms with Gasteiger partial charge in [0.25, 0.3) is 0 Å². The number of nitriles is 2. The van der Waals surface area contributed by atoms with Gasteiger partial charge in [-0.3, -0.25) is 19.4 Å². The van der Waals surface area contributed by atoms with Crippen LogP contribution in [0.3, 0.4) is 0 Å². The Labute approximate surface area is 425 Å². The van der Waals surface area contributed by atoms with Crippen LogP contribution in [0.25, 0.3) is 22.8 Å². The van der Waals surface area contributed by atoms with Crippen molar-refractivity contribution in [1.82, 2.24) is 39.7 Å². The molecule has 16 nitrogen and oxygen atoms in total. The zero-order valence-corrected chi connectivity index (χ0v) is 42.1. The van der Waals surface area contributed by atoms with Crippen LogP contribution in [0.4, 0.5) is 11.4 Å². The summed E-state index contributed by atoms with van der Waals surface area (Å²) in [7, 11) is 0. The summed E-state index contributed by atoms with van der Waals surface area (Å²) in [4.78, 5) is 41.0. The molecule has 0 bridgehead atoms. The monoisotopic (exact) mass is 1030 g/mol. The van der Waals surface area contributed by atoms with Crippen LogP contribution >= 0.6 is 58.0 Å². The smallest absolute Gasteiger partial charge is 0.244 e. The Kier molecular flexibility index (Phi) is 18.8. The number of anilines is 2. The van der Waals surface area contributed by atoms with Crippen molar-refractivity contribution in [2.45, 2.75) is 34.2 Å². The summed E-state index contributed by atoms with van der Waals surface area (Å²) in [5.41, 5.74) is 6.32. The number of nitrogens with zero attached hydrogens (tertiary/aromatic N) is 11. The average Bonchev–Trinajstić information content (AvgIpc) is 3.87. The number of alkyl halides is 1. The number of ether oxygens (including phenoxy) is 2. The van der Waals surface area contributed by atoms with E-state index in [9.17, 15) is 9.59 Å². The quantitative estimate of drug-likeness (QED) is 0.122. The molecule has 0 saturated carbocycles. The molecule has 6 aromatic rings. The van der Waals surface area contributed by atoms with Gasteiger partial charge in [-0.15, -0.1) is 11.6 Å². The number of aromatic amines is 1. The van der Waals surface area contributed by atoms with E-state index in [1.807, 2.05) is 81.1 Å². The molecule has 1 N–H and O–H groups in total. The zero-order valence-electron chi connectivity index (χ0n) is 38.4. The number of pyridine rings is 2. The predicted molar refractivity (Wildman–Crippen MR) is 270 cm³/mol. The van der Waals surface area contributed by atoms with E-state index in [1.54, 1.807) is 46.0 Å². The highest BCUT2D eigenvalue weighted by Gasteiger charge is 2.25. The second-order valence-electron chi connectivity index (χ2n) is 15.4. The lowest BCUT2D eigenvalue weighted by atomic mass is 10.2. The third-order valence-corrected chi connectivity index (χ3v) is 12.8. The number of aromatic nitrogens is 6. The molecule has 2 aliphatic rings. The number of benzene rings is 2. The number of H-pyrrole nitrogens is 1. The first-order valence-corrected chi connectivity index (χ1v) is 24.0. The SMILES string of the molecule is CCOc1cc(N2CCN(C(=O)CCl)CC2)ccc1Cl.CCOc1cc(N2CCN(C(=O)Cn3nc(-c4cccc(C#N)n4)c(Cl)c3C)CC2)ccc1Cl.Cc1[nH]nc(-c2cccc(C#N)n2)c1Cl. The van der Waals surface area contributed by atoms with Crippen LogP contribution in [0, 0.1) is 36.5 Å². The molecule has 69 heavy (non-hydrogen) atoms. The Balaban J connectivity index is 0.000000188. The van der Waals surface area contributed by atoms with Gasteiger partial charge in [0.15, 0.2) is 0 Å². The molecular formula is C48H49Cl5N12O4.